The van der Waals surface area contributed by atoms with Crippen molar-refractivity contribution in [1.82, 2.24) is 10.6 Å². The van der Waals surface area contributed by atoms with Crippen molar-refractivity contribution < 1.29 is 24.2 Å². The number of carbonyl (C=O) groups excluding carboxylic acids is 2. The smallest absolute Gasteiger partial charge is 0.407 e. The van der Waals surface area contributed by atoms with Crippen molar-refractivity contribution in [3.63, 3.8) is 0 Å². The molecule has 2 amide bonds. The van der Waals surface area contributed by atoms with Gasteiger partial charge in [-0.3, -0.25) is 9.59 Å². The Kier molecular flexibility index (Phi) is 7.07. The summed E-state index contributed by atoms with van der Waals surface area (Å²) in [6.07, 6.45) is 4.95. The number of hydrogen-bond donors (Lipinski definition) is 3. The molecule has 2 aromatic carbocycles. The van der Waals surface area contributed by atoms with E-state index in [1.54, 1.807) is 6.08 Å². The Bertz CT molecular complexity index is 1020. The number of ether oxygens (including phenoxy) is 1. The summed E-state index contributed by atoms with van der Waals surface area (Å²) in [6.45, 7) is 0.393. The quantitative estimate of drug-likeness (QED) is 0.532. The first-order valence-corrected chi connectivity index (χ1v) is 11.3. The van der Waals surface area contributed by atoms with E-state index in [1.807, 2.05) is 24.3 Å². The van der Waals surface area contributed by atoms with Gasteiger partial charge in [0.1, 0.15) is 6.61 Å². The standard InChI is InChI=1S/C26H28N2O5/c29-24(28-23-12-5-7-17(23)15-25(30)31)13-6-14-27-26(32)33-16-22-20-10-3-1-8-18(20)19-9-2-4-11-21(19)22/h1-4,6,8-11,13,17,22-23H,5,7,12,14-16H2,(H,27,32)(H,28,29)(H,30,31)/b13-6+/t17-,23+/m0/s1. The third-order valence-electron chi connectivity index (χ3n) is 6.40. The number of carboxylic acid groups (broad SMARTS) is 1. The molecule has 1 fully saturated rings. The van der Waals surface area contributed by atoms with E-state index in [0.717, 1.165) is 30.4 Å². The van der Waals surface area contributed by atoms with Crippen LogP contribution in [0.1, 0.15) is 42.7 Å². The van der Waals surface area contributed by atoms with Gasteiger partial charge in [-0.2, -0.15) is 0 Å². The summed E-state index contributed by atoms with van der Waals surface area (Å²) in [6, 6.07) is 16.2. The number of alkyl carbamates (subject to hydrolysis) is 1. The SMILES string of the molecule is O=C(O)C[C@@H]1CCC[C@H]1NC(=O)/C=C/CNC(=O)OCC1c2ccccc2-c2ccccc21. The Labute approximate surface area is 192 Å². The molecule has 1 saturated carbocycles. The van der Waals surface area contributed by atoms with Crippen molar-refractivity contribution in [3.8, 4) is 11.1 Å². The van der Waals surface area contributed by atoms with E-state index in [1.165, 1.54) is 17.2 Å². The van der Waals surface area contributed by atoms with Crippen molar-refractivity contribution in [2.45, 2.75) is 37.6 Å². The fourth-order valence-electron chi connectivity index (χ4n) is 4.88. The summed E-state index contributed by atoms with van der Waals surface area (Å²) in [7, 11) is 0. The predicted molar refractivity (Wildman–Crippen MR) is 124 cm³/mol. The molecule has 0 radical (unpaired) electrons. The van der Waals surface area contributed by atoms with Gasteiger partial charge in [0.15, 0.2) is 0 Å². The number of aliphatic carboxylic acids is 1. The van der Waals surface area contributed by atoms with E-state index in [9.17, 15) is 14.4 Å². The van der Waals surface area contributed by atoms with Crippen molar-refractivity contribution in [3.05, 3.63) is 71.8 Å². The molecular formula is C26H28N2O5. The van der Waals surface area contributed by atoms with Crippen LogP contribution in [0.3, 0.4) is 0 Å². The minimum atomic E-state index is -0.844. The number of hydrogen-bond acceptors (Lipinski definition) is 4. The number of carboxylic acids is 1. The maximum Gasteiger partial charge on any atom is 0.407 e. The minimum Gasteiger partial charge on any atom is -0.481 e. The summed E-state index contributed by atoms with van der Waals surface area (Å²) < 4.78 is 5.47. The van der Waals surface area contributed by atoms with Gasteiger partial charge in [-0.25, -0.2) is 4.79 Å². The Balaban J connectivity index is 1.22. The van der Waals surface area contributed by atoms with E-state index in [2.05, 4.69) is 34.9 Å². The maximum absolute atomic E-state index is 12.2. The van der Waals surface area contributed by atoms with Crippen LogP contribution in [0, 0.1) is 5.92 Å². The normalized spacial score (nSPS) is 19.2. The third-order valence-corrected chi connectivity index (χ3v) is 6.40. The zero-order valence-corrected chi connectivity index (χ0v) is 18.3. The van der Waals surface area contributed by atoms with Gasteiger partial charge in [-0.15, -0.1) is 0 Å². The zero-order valence-electron chi connectivity index (χ0n) is 18.3. The first kappa shape index (κ1) is 22.6. The lowest BCUT2D eigenvalue weighted by atomic mass is 9.98. The Morgan fingerprint density at radius 1 is 1.00 bits per heavy atom. The second-order valence-electron chi connectivity index (χ2n) is 8.51. The average Bonchev–Trinajstić information content (AvgIpc) is 3.36. The summed E-state index contributed by atoms with van der Waals surface area (Å²) >= 11 is 0. The summed E-state index contributed by atoms with van der Waals surface area (Å²) in [5, 5.41) is 14.5. The van der Waals surface area contributed by atoms with Gasteiger partial charge in [-0.1, -0.05) is 61.0 Å². The maximum atomic E-state index is 12.2. The highest BCUT2D eigenvalue weighted by molar-refractivity contribution is 5.88. The van der Waals surface area contributed by atoms with E-state index < -0.39 is 12.1 Å². The number of benzene rings is 2. The Morgan fingerprint density at radius 2 is 1.67 bits per heavy atom. The Morgan fingerprint density at radius 3 is 2.33 bits per heavy atom. The molecular weight excluding hydrogens is 420 g/mol. The lowest BCUT2D eigenvalue weighted by molar-refractivity contribution is -0.138. The number of rotatable bonds is 8. The molecule has 2 aliphatic rings. The molecule has 4 rings (SSSR count). The highest BCUT2D eigenvalue weighted by atomic mass is 16.5. The van der Waals surface area contributed by atoms with Crippen LogP contribution in [-0.2, 0) is 14.3 Å². The summed E-state index contributed by atoms with van der Waals surface area (Å²) in [5.74, 6) is -1.16. The molecule has 7 heteroatoms. The van der Waals surface area contributed by atoms with Crippen LogP contribution in [0.5, 0.6) is 0 Å². The highest BCUT2D eigenvalue weighted by Crippen LogP contribution is 2.44. The first-order valence-electron chi connectivity index (χ1n) is 11.3. The van der Waals surface area contributed by atoms with Crippen LogP contribution in [0.25, 0.3) is 11.1 Å². The van der Waals surface area contributed by atoms with Gasteiger partial charge in [-0.05, 0) is 41.0 Å². The van der Waals surface area contributed by atoms with Gasteiger partial charge in [0.05, 0.1) is 6.42 Å². The molecule has 2 atom stereocenters. The lowest BCUT2D eigenvalue weighted by Gasteiger charge is -2.18. The third kappa shape index (κ3) is 5.42. The fourth-order valence-corrected chi connectivity index (χ4v) is 4.88. The topological polar surface area (TPSA) is 105 Å². The summed E-state index contributed by atoms with van der Waals surface area (Å²) in [5.41, 5.74) is 4.64. The van der Waals surface area contributed by atoms with Crippen LogP contribution in [0.4, 0.5) is 4.79 Å². The molecule has 2 aliphatic carbocycles. The van der Waals surface area contributed by atoms with Gasteiger partial charge in [0, 0.05) is 24.6 Å². The molecule has 3 N–H and O–H groups in total. The van der Waals surface area contributed by atoms with Crippen LogP contribution in [0.2, 0.25) is 0 Å². The first-order chi connectivity index (χ1) is 16.0. The van der Waals surface area contributed by atoms with Crippen LogP contribution in [0.15, 0.2) is 60.7 Å². The van der Waals surface area contributed by atoms with Crippen LogP contribution in [-0.4, -0.2) is 42.3 Å². The second-order valence-corrected chi connectivity index (χ2v) is 8.51. The fraction of sp³-hybridized carbons (Fsp3) is 0.346. The van der Waals surface area contributed by atoms with Gasteiger partial charge < -0.3 is 20.5 Å². The van der Waals surface area contributed by atoms with Crippen molar-refractivity contribution >= 4 is 18.0 Å². The second kappa shape index (κ2) is 10.3. The molecule has 0 aliphatic heterocycles. The monoisotopic (exact) mass is 448 g/mol. The van der Waals surface area contributed by atoms with E-state index in [-0.39, 0.29) is 43.4 Å². The summed E-state index contributed by atoms with van der Waals surface area (Å²) in [4.78, 5) is 35.2. The van der Waals surface area contributed by atoms with Crippen molar-refractivity contribution in [2.24, 2.45) is 5.92 Å². The molecule has 0 bridgehead atoms. The Hall–Kier alpha value is -3.61. The largest absolute Gasteiger partial charge is 0.481 e. The number of nitrogens with one attached hydrogen (secondary N) is 2. The van der Waals surface area contributed by atoms with Crippen molar-refractivity contribution in [1.29, 1.82) is 0 Å². The molecule has 0 aromatic heterocycles. The molecule has 0 heterocycles. The van der Waals surface area contributed by atoms with Crippen LogP contribution < -0.4 is 10.6 Å². The molecule has 33 heavy (non-hydrogen) atoms. The zero-order chi connectivity index (χ0) is 23.2. The number of fused-ring (bicyclic) bond motifs is 3. The van der Waals surface area contributed by atoms with Gasteiger partial charge in [0.2, 0.25) is 5.91 Å². The van der Waals surface area contributed by atoms with E-state index in [4.69, 9.17) is 9.84 Å². The lowest BCUT2D eigenvalue weighted by Crippen LogP contribution is -2.37. The molecule has 172 valence electrons. The van der Waals surface area contributed by atoms with E-state index in [0.29, 0.717) is 0 Å². The van der Waals surface area contributed by atoms with Crippen molar-refractivity contribution in [2.75, 3.05) is 13.2 Å². The van der Waals surface area contributed by atoms with Crippen LogP contribution >= 0.6 is 0 Å². The molecule has 0 unspecified atom stereocenters. The predicted octanol–water partition coefficient (Wildman–Crippen LogP) is 3.84. The number of carbonyl (C=O) groups is 3. The molecule has 0 saturated heterocycles. The van der Waals surface area contributed by atoms with Gasteiger partial charge >= 0.3 is 12.1 Å². The average molecular weight is 449 g/mol. The minimum absolute atomic E-state index is 0.00497. The molecule has 7 nitrogen and oxygen atoms in total. The molecule has 0 spiro atoms. The molecule has 2 aromatic rings. The highest BCUT2D eigenvalue weighted by Gasteiger charge is 2.30. The number of amides is 2. The van der Waals surface area contributed by atoms with E-state index >= 15 is 0 Å². The van der Waals surface area contributed by atoms with Gasteiger partial charge in [0.25, 0.3) is 0 Å².